The van der Waals surface area contributed by atoms with E-state index in [2.05, 4.69) is 23.8 Å². The number of carboxylic acid groups (broad SMARTS) is 2. The summed E-state index contributed by atoms with van der Waals surface area (Å²) >= 11 is 0. The van der Waals surface area contributed by atoms with Crippen LogP contribution in [0, 0.1) is 5.92 Å². The van der Waals surface area contributed by atoms with E-state index in [4.69, 9.17) is 19.8 Å². The zero-order chi connectivity index (χ0) is 28.8. The number of alkyl halides is 6. The van der Waals surface area contributed by atoms with Crippen molar-refractivity contribution in [2.75, 3.05) is 18.8 Å². The molecular weight excluding hydrogens is 538 g/mol. The number of halogens is 6. The fourth-order valence-electron chi connectivity index (χ4n) is 4.39. The predicted octanol–water partition coefficient (Wildman–Crippen LogP) is 2.67. The van der Waals surface area contributed by atoms with E-state index >= 15 is 0 Å². The van der Waals surface area contributed by atoms with Crippen LogP contribution in [0.1, 0.15) is 33.6 Å². The molecule has 0 bridgehead atoms. The van der Waals surface area contributed by atoms with Crippen molar-refractivity contribution in [3.63, 3.8) is 0 Å². The lowest BCUT2D eigenvalue weighted by molar-refractivity contribution is -0.193. The van der Waals surface area contributed by atoms with E-state index < -0.39 is 34.3 Å². The molecule has 3 atom stereocenters. The van der Waals surface area contributed by atoms with Crippen molar-refractivity contribution in [1.29, 1.82) is 0 Å². The van der Waals surface area contributed by atoms with Gasteiger partial charge in [0.2, 0.25) is 10.0 Å². The third-order valence-electron chi connectivity index (χ3n) is 5.83. The fraction of sp³-hybridized carbons (Fsp3) is 0.750. The van der Waals surface area contributed by atoms with Crippen molar-refractivity contribution >= 4 is 22.0 Å². The highest BCUT2D eigenvalue weighted by molar-refractivity contribution is 7.89. The van der Waals surface area contributed by atoms with E-state index in [0.717, 1.165) is 19.4 Å². The normalized spacial score (nSPS) is 22.9. The van der Waals surface area contributed by atoms with Gasteiger partial charge in [0.25, 0.3) is 0 Å². The first kappa shape index (κ1) is 32.6. The molecule has 0 saturated carbocycles. The standard InChI is InChI=1S/C16H28N4O2S.2C2HF3O2/c1-4-23(21,22)19-9-6-16-14(11-19)10-15(20(16)13(2)3)12-18-8-5-7-17-18;2*3-2(4,5)1(6)7/h5,7-8,13-16H,4,6,9-12H2,1-3H3;2*(H,6,7)/t14-,15+,16+;;/m1../s1. The van der Waals surface area contributed by atoms with Crippen molar-refractivity contribution in [3.8, 4) is 0 Å². The van der Waals surface area contributed by atoms with Crippen molar-refractivity contribution in [1.82, 2.24) is 19.0 Å². The molecule has 0 unspecified atom stereocenters. The summed E-state index contributed by atoms with van der Waals surface area (Å²) in [7, 11) is -3.07. The van der Waals surface area contributed by atoms with Gasteiger partial charge < -0.3 is 10.2 Å². The van der Waals surface area contributed by atoms with Gasteiger partial charge in [0.15, 0.2) is 0 Å². The van der Waals surface area contributed by atoms with Crippen LogP contribution in [0.3, 0.4) is 0 Å². The Bertz CT molecular complexity index is 960. The molecule has 2 fully saturated rings. The second kappa shape index (κ2) is 12.9. The number of likely N-dealkylation sites (tertiary alicyclic amines) is 1. The molecule has 1 aromatic heterocycles. The van der Waals surface area contributed by atoms with Gasteiger partial charge in [-0.1, -0.05) is 0 Å². The Morgan fingerprint density at radius 1 is 1.08 bits per heavy atom. The fourth-order valence-corrected chi connectivity index (χ4v) is 5.55. The van der Waals surface area contributed by atoms with Gasteiger partial charge in [0.05, 0.1) is 12.3 Å². The number of sulfonamides is 1. The predicted molar refractivity (Wildman–Crippen MR) is 118 cm³/mol. The van der Waals surface area contributed by atoms with Gasteiger partial charge in [-0.25, -0.2) is 22.3 Å². The molecule has 37 heavy (non-hydrogen) atoms. The van der Waals surface area contributed by atoms with Crippen LogP contribution in [-0.4, -0.2) is 98.9 Å². The average molecular weight is 569 g/mol. The number of nitrogens with zero attached hydrogens (tertiary/aromatic N) is 4. The molecule has 0 spiro atoms. The molecule has 2 aliphatic rings. The first-order valence-corrected chi connectivity index (χ1v) is 12.7. The average Bonchev–Trinajstić information content (AvgIpc) is 3.40. The van der Waals surface area contributed by atoms with Crippen molar-refractivity contribution in [2.24, 2.45) is 5.92 Å². The molecule has 10 nitrogen and oxygen atoms in total. The molecule has 0 aliphatic carbocycles. The van der Waals surface area contributed by atoms with Crippen LogP contribution in [-0.2, 0) is 26.2 Å². The maximum Gasteiger partial charge on any atom is 0.490 e. The van der Waals surface area contributed by atoms with Crippen LogP contribution in [0.4, 0.5) is 26.3 Å². The van der Waals surface area contributed by atoms with E-state index in [-0.39, 0.29) is 5.75 Å². The molecule has 0 amide bonds. The summed E-state index contributed by atoms with van der Waals surface area (Å²) in [5.41, 5.74) is 0. The van der Waals surface area contributed by atoms with Gasteiger partial charge in [-0.2, -0.15) is 31.4 Å². The van der Waals surface area contributed by atoms with E-state index in [0.29, 0.717) is 37.1 Å². The molecule has 2 saturated heterocycles. The zero-order valence-electron chi connectivity index (χ0n) is 20.3. The molecular formula is C20H30F6N4O6S. The van der Waals surface area contributed by atoms with Crippen LogP contribution < -0.4 is 0 Å². The number of aliphatic carboxylic acids is 2. The largest absolute Gasteiger partial charge is 0.490 e. The van der Waals surface area contributed by atoms with Crippen LogP contribution in [0.5, 0.6) is 0 Å². The molecule has 2 N–H and O–H groups in total. The molecule has 2 aliphatic heterocycles. The van der Waals surface area contributed by atoms with E-state index in [1.165, 1.54) is 0 Å². The Morgan fingerprint density at radius 2 is 1.59 bits per heavy atom. The molecule has 3 rings (SSSR count). The van der Waals surface area contributed by atoms with Gasteiger partial charge >= 0.3 is 24.3 Å². The Labute approximate surface area is 209 Å². The number of carboxylic acids is 2. The Morgan fingerprint density at radius 3 is 1.97 bits per heavy atom. The topological polar surface area (TPSA) is 133 Å². The Balaban J connectivity index is 0.000000404. The summed E-state index contributed by atoms with van der Waals surface area (Å²) in [6, 6.07) is 3.37. The maximum atomic E-state index is 12.2. The van der Waals surface area contributed by atoms with E-state index in [1.54, 1.807) is 11.2 Å². The number of fused-ring (bicyclic) bond motifs is 1. The molecule has 3 heterocycles. The third-order valence-corrected chi connectivity index (χ3v) is 7.68. The summed E-state index contributed by atoms with van der Waals surface area (Å²) in [6.45, 7) is 8.45. The number of aromatic nitrogens is 2. The van der Waals surface area contributed by atoms with Crippen LogP contribution in [0.15, 0.2) is 18.5 Å². The van der Waals surface area contributed by atoms with Crippen LogP contribution in [0.25, 0.3) is 0 Å². The van der Waals surface area contributed by atoms with Gasteiger partial charge in [-0.3, -0.25) is 9.58 Å². The lowest BCUT2D eigenvalue weighted by atomic mass is 9.93. The van der Waals surface area contributed by atoms with Crippen molar-refractivity contribution in [3.05, 3.63) is 18.5 Å². The molecule has 0 aromatic carbocycles. The monoisotopic (exact) mass is 568 g/mol. The minimum Gasteiger partial charge on any atom is -0.475 e. The second-order valence-corrected chi connectivity index (χ2v) is 10.9. The smallest absolute Gasteiger partial charge is 0.475 e. The highest BCUT2D eigenvalue weighted by atomic mass is 32.2. The number of carbonyl (C=O) groups is 2. The first-order valence-electron chi connectivity index (χ1n) is 11.1. The highest BCUT2D eigenvalue weighted by Gasteiger charge is 2.46. The number of rotatable bonds is 5. The van der Waals surface area contributed by atoms with Gasteiger partial charge in [0, 0.05) is 43.6 Å². The van der Waals surface area contributed by atoms with Crippen molar-refractivity contribution in [2.45, 2.75) is 70.6 Å². The highest BCUT2D eigenvalue weighted by Crippen LogP contribution is 2.38. The summed E-state index contributed by atoms with van der Waals surface area (Å²) in [4.78, 5) is 20.4. The van der Waals surface area contributed by atoms with Crippen LogP contribution >= 0.6 is 0 Å². The van der Waals surface area contributed by atoms with Crippen molar-refractivity contribution < 1.29 is 54.6 Å². The summed E-state index contributed by atoms with van der Waals surface area (Å²) < 4.78 is 91.6. The zero-order valence-corrected chi connectivity index (χ0v) is 21.1. The Hall–Kier alpha value is -2.40. The molecule has 1 aromatic rings. The molecule has 0 radical (unpaired) electrons. The third kappa shape index (κ3) is 9.77. The minimum atomic E-state index is -5.08. The minimum absolute atomic E-state index is 0.203. The second-order valence-electron chi connectivity index (χ2n) is 8.64. The van der Waals surface area contributed by atoms with E-state index in [1.807, 2.05) is 23.1 Å². The quantitative estimate of drug-likeness (QED) is 0.519. The lowest BCUT2D eigenvalue weighted by Gasteiger charge is -2.39. The van der Waals surface area contributed by atoms with E-state index in [9.17, 15) is 34.8 Å². The van der Waals surface area contributed by atoms with Gasteiger partial charge in [-0.15, -0.1) is 0 Å². The number of hydrogen-bond acceptors (Lipinski definition) is 6. The SMILES string of the molecule is CCS(=O)(=O)N1CC[C@H]2[C@H](C[C@@H](Cn3cccn3)N2C(C)C)C1.O=C(O)C(F)(F)F.O=C(O)C(F)(F)F. The first-order chi connectivity index (χ1) is 16.8. The van der Waals surface area contributed by atoms with Gasteiger partial charge in [0.1, 0.15) is 0 Å². The van der Waals surface area contributed by atoms with Gasteiger partial charge in [-0.05, 0) is 45.6 Å². The maximum absolute atomic E-state index is 12.2. The number of hydrogen-bond donors (Lipinski definition) is 2. The molecule has 17 heteroatoms. The Kier molecular flexibility index (Phi) is 11.4. The summed E-state index contributed by atoms with van der Waals surface area (Å²) in [6.07, 6.45) is -4.35. The lowest BCUT2D eigenvalue weighted by Crippen LogP contribution is -2.51. The molecule has 214 valence electrons. The summed E-state index contributed by atoms with van der Waals surface area (Å²) in [5, 5.41) is 18.6. The number of piperidine rings is 1. The summed E-state index contributed by atoms with van der Waals surface area (Å²) in [5.74, 6) is -4.87. The van der Waals surface area contributed by atoms with Crippen LogP contribution in [0.2, 0.25) is 0 Å².